The van der Waals surface area contributed by atoms with Crippen molar-refractivity contribution in [3.8, 4) is 17.6 Å². The van der Waals surface area contributed by atoms with Gasteiger partial charge < -0.3 is 19.3 Å². The maximum absolute atomic E-state index is 9.99. The van der Waals surface area contributed by atoms with Gasteiger partial charge in [0.25, 0.3) is 0 Å². The molecule has 29 heavy (non-hydrogen) atoms. The third-order valence-corrected chi connectivity index (χ3v) is 5.22. The van der Waals surface area contributed by atoms with Gasteiger partial charge in [0.15, 0.2) is 11.5 Å². The molecular formula is C24H39NO4. The highest BCUT2D eigenvalue weighted by atomic mass is 16.5. The zero-order valence-corrected chi connectivity index (χ0v) is 19.5. The molecule has 0 saturated heterocycles. The van der Waals surface area contributed by atoms with Crippen LogP contribution in [-0.2, 0) is 10.2 Å². The van der Waals surface area contributed by atoms with Crippen LogP contribution in [0.3, 0.4) is 0 Å². The van der Waals surface area contributed by atoms with Crippen molar-refractivity contribution in [2.75, 3.05) is 20.3 Å². The lowest BCUT2D eigenvalue weighted by molar-refractivity contribution is -0.0296. The Bertz CT molecular complexity index is 685. The van der Waals surface area contributed by atoms with E-state index in [0.29, 0.717) is 30.9 Å². The van der Waals surface area contributed by atoms with Crippen LogP contribution < -0.4 is 9.47 Å². The quantitative estimate of drug-likeness (QED) is 0.544. The zero-order chi connectivity index (χ0) is 22.3. The van der Waals surface area contributed by atoms with Crippen LogP contribution in [-0.4, -0.2) is 36.6 Å². The number of nitriles is 1. The van der Waals surface area contributed by atoms with Crippen molar-refractivity contribution in [3.63, 3.8) is 0 Å². The van der Waals surface area contributed by atoms with Gasteiger partial charge in [-0.1, -0.05) is 19.9 Å². The molecule has 0 amide bonds. The van der Waals surface area contributed by atoms with Crippen LogP contribution in [0.5, 0.6) is 11.5 Å². The summed E-state index contributed by atoms with van der Waals surface area (Å²) in [4.78, 5) is 0. The van der Waals surface area contributed by atoms with Crippen LogP contribution in [0, 0.1) is 17.2 Å². The van der Waals surface area contributed by atoms with Crippen molar-refractivity contribution in [1.82, 2.24) is 0 Å². The third kappa shape index (κ3) is 7.21. The van der Waals surface area contributed by atoms with Crippen LogP contribution in [0.2, 0.25) is 0 Å². The molecule has 5 nitrogen and oxygen atoms in total. The van der Waals surface area contributed by atoms with Gasteiger partial charge in [0.1, 0.15) is 5.60 Å². The van der Waals surface area contributed by atoms with E-state index in [4.69, 9.17) is 14.2 Å². The first-order valence-corrected chi connectivity index (χ1v) is 10.4. The molecule has 0 saturated carbocycles. The van der Waals surface area contributed by atoms with E-state index in [9.17, 15) is 10.4 Å². The Hall–Kier alpha value is -1.77. The molecule has 0 aliphatic heterocycles. The predicted octanol–water partition coefficient (Wildman–Crippen LogP) is 5.25. The lowest BCUT2D eigenvalue weighted by Gasteiger charge is -2.33. The van der Waals surface area contributed by atoms with Gasteiger partial charge in [-0.15, -0.1) is 0 Å². The van der Waals surface area contributed by atoms with Crippen LogP contribution in [0.25, 0.3) is 0 Å². The molecule has 0 spiro atoms. The lowest BCUT2D eigenvalue weighted by atomic mass is 9.70. The first-order valence-electron chi connectivity index (χ1n) is 10.4. The molecule has 1 rings (SSSR count). The first kappa shape index (κ1) is 25.3. The molecule has 5 heteroatoms. The van der Waals surface area contributed by atoms with Crippen molar-refractivity contribution in [2.45, 2.75) is 84.3 Å². The molecule has 1 unspecified atom stereocenters. The van der Waals surface area contributed by atoms with Crippen molar-refractivity contribution < 1.29 is 19.3 Å². The van der Waals surface area contributed by atoms with E-state index in [1.54, 1.807) is 7.11 Å². The second kappa shape index (κ2) is 10.3. The van der Waals surface area contributed by atoms with E-state index in [1.807, 2.05) is 66.7 Å². The van der Waals surface area contributed by atoms with Gasteiger partial charge in [0, 0.05) is 13.0 Å². The van der Waals surface area contributed by atoms with Gasteiger partial charge in [0.2, 0.25) is 0 Å². The van der Waals surface area contributed by atoms with E-state index in [2.05, 4.69) is 6.07 Å². The summed E-state index contributed by atoms with van der Waals surface area (Å²) < 4.78 is 17.7. The molecule has 0 bridgehead atoms. The minimum atomic E-state index is -0.676. The topological polar surface area (TPSA) is 71.7 Å². The number of nitrogens with zero attached hydrogens (tertiary/aromatic N) is 1. The Morgan fingerprint density at radius 3 is 2.21 bits per heavy atom. The normalized spacial score (nSPS) is 14.4. The van der Waals surface area contributed by atoms with Crippen LogP contribution >= 0.6 is 0 Å². The summed E-state index contributed by atoms with van der Waals surface area (Å²) in [7, 11) is 1.61. The second-order valence-electron chi connectivity index (χ2n) is 9.50. The summed E-state index contributed by atoms with van der Waals surface area (Å²) in [5, 5.41) is 19.3. The Kier molecular flexibility index (Phi) is 8.99. The minimum absolute atomic E-state index is 0.0688. The summed E-state index contributed by atoms with van der Waals surface area (Å²) in [5.41, 5.74) is -0.394. The third-order valence-electron chi connectivity index (χ3n) is 5.22. The van der Waals surface area contributed by atoms with Gasteiger partial charge in [-0.25, -0.2) is 0 Å². The number of methoxy groups -OCH3 is 1. The fraction of sp³-hybridized carbons (Fsp3) is 0.708. The highest BCUT2D eigenvalue weighted by Crippen LogP contribution is 2.41. The molecule has 0 radical (unpaired) electrons. The number of ether oxygens (including phenoxy) is 3. The molecule has 164 valence electrons. The molecular weight excluding hydrogens is 366 g/mol. The summed E-state index contributed by atoms with van der Waals surface area (Å²) in [5.74, 6) is 1.35. The molecule has 1 aromatic carbocycles. The lowest BCUT2D eigenvalue weighted by Crippen LogP contribution is -2.33. The van der Waals surface area contributed by atoms with E-state index in [1.165, 1.54) is 0 Å². The maximum atomic E-state index is 9.99. The van der Waals surface area contributed by atoms with Crippen LogP contribution in [0.1, 0.15) is 73.3 Å². The van der Waals surface area contributed by atoms with E-state index < -0.39 is 11.0 Å². The number of hydrogen-bond acceptors (Lipinski definition) is 5. The zero-order valence-electron chi connectivity index (χ0n) is 19.5. The second-order valence-corrected chi connectivity index (χ2v) is 9.50. The van der Waals surface area contributed by atoms with E-state index in [0.717, 1.165) is 12.0 Å². The van der Waals surface area contributed by atoms with Crippen molar-refractivity contribution in [2.24, 2.45) is 5.92 Å². The molecule has 0 heterocycles. The number of hydrogen-bond donors (Lipinski definition) is 1. The fourth-order valence-electron chi connectivity index (χ4n) is 3.35. The van der Waals surface area contributed by atoms with Crippen molar-refractivity contribution in [1.29, 1.82) is 5.26 Å². The molecule has 0 fully saturated rings. The number of rotatable bonds is 11. The van der Waals surface area contributed by atoms with Gasteiger partial charge in [-0.2, -0.15) is 5.26 Å². The molecule has 0 aromatic heterocycles. The number of aliphatic hydroxyl groups excluding tert-OH is 1. The highest BCUT2D eigenvalue weighted by molar-refractivity contribution is 5.47. The number of benzene rings is 1. The van der Waals surface area contributed by atoms with E-state index >= 15 is 0 Å². The Morgan fingerprint density at radius 2 is 1.72 bits per heavy atom. The highest BCUT2D eigenvalue weighted by Gasteiger charge is 2.36. The Morgan fingerprint density at radius 1 is 1.07 bits per heavy atom. The minimum Gasteiger partial charge on any atom is -0.493 e. The summed E-state index contributed by atoms with van der Waals surface area (Å²) in [6, 6.07) is 8.23. The van der Waals surface area contributed by atoms with Gasteiger partial charge in [-0.3, -0.25) is 0 Å². The largest absolute Gasteiger partial charge is 0.493 e. The van der Waals surface area contributed by atoms with Crippen LogP contribution in [0.15, 0.2) is 18.2 Å². The summed E-state index contributed by atoms with van der Waals surface area (Å²) in [6.45, 7) is 14.9. The average Bonchev–Trinajstić information content (AvgIpc) is 2.61. The summed E-state index contributed by atoms with van der Waals surface area (Å²) in [6.07, 6.45) is 1.91. The molecule has 1 N–H and O–H groups in total. The monoisotopic (exact) mass is 405 g/mol. The summed E-state index contributed by atoms with van der Waals surface area (Å²) >= 11 is 0. The van der Waals surface area contributed by atoms with Crippen molar-refractivity contribution >= 4 is 0 Å². The molecule has 0 aliphatic carbocycles. The Balaban J connectivity index is 3.10. The van der Waals surface area contributed by atoms with Gasteiger partial charge >= 0.3 is 0 Å². The van der Waals surface area contributed by atoms with Gasteiger partial charge in [0.05, 0.1) is 30.8 Å². The fourth-order valence-corrected chi connectivity index (χ4v) is 3.35. The van der Waals surface area contributed by atoms with Crippen LogP contribution in [0.4, 0.5) is 0 Å². The maximum Gasteiger partial charge on any atom is 0.161 e. The molecule has 1 atom stereocenters. The first-order chi connectivity index (χ1) is 13.4. The van der Waals surface area contributed by atoms with Crippen molar-refractivity contribution in [3.05, 3.63) is 23.8 Å². The molecule has 0 aliphatic rings. The molecule has 1 aromatic rings. The smallest absolute Gasteiger partial charge is 0.161 e. The standard InChI is InChI=1S/C24H39NO4/c1-18(2)24(17-25,12-9-14-26)19-10-11-20(21(16-19)27-8)29-23(6,7)13-15-28-22(3,4)5/h10-11,16,18,26H,9,12-15H2,1-8H3. The van der Waals surface area contributed by atoms with E-state index in [-0.39, 0.29) is 18.1 Å². The Labute approximate surface area is 177 Å². The van der Waals surface area contributed by atoms with Gasteiger partial charge in [-0.05, 0) is 71.1 Å². The SMILES string of the molecule is COc1cc(C(C#N)(CCCO)C(C)C)ccc1OC(C)(C)CCOC(C)(C)C. The number of aliphatic hydroxyl groups is 1. The average molecular weight is 406 g/mol. The predicted molar refractivity (Wildman–Crippen MR) is 116 cm³/mol.